The lowest BCUT2D eigenvalue weighted by molar-refractivity contribution is -0.136. The van der Waals surface area contributed by atoms with E-state index in [1.165, 1.54) is 17.6 Å². The first kappa shape index (κ1) is 24.8. The van der Waals surface area contributed by atoms with E-state index in [0.717, 1.165) is 29.7 Å². The molecule has 0 fully saturated rings. The third-order valence-corrected chi connectivity index (χ3v) is 6.50. The Kier molecular flexibility index (Phi) is 7.86. The molecule has 0 spiro atoms. The number of amides is 2. The van der Waals surface area contributed by atoms with Crippen LogP contribution in [0.4, 0.5) is 5.00 Å². The van der Waals surface area contributed by atoms with Crippen molar-refractivity contribution < 1.29 is 28.7 Å². The predicted octanol–water partition coefficient (Wildman–Crippen LogP) is 3.72. The van der Waals surface area contributed by atoms with Crippen molar-refractivity contribution in [3.05, 3.63) is 81.7 Å². The van der Waals surface area contributed by atoms with Crippen LogP contribution in [0.2, 0.25) is 0 Å². The molecule has 0 saturated heterocycles. The van der Waals surface area contributed by atoms with Crippen LogP contribution in [0.1, 0.15) is 50.1 Å². The van der Waals surface area contributed by atoms with Gasteiger partial charge in [-0.1, -0.05) is 30.3 Å². The topological polar surface area (TPSA) is 123 Å². The smallest absolute Gasteiger partial charge is 0.343 e. The van der Waals surface area contributed by atoms with Gasteiger partial charge in [-0.15, -0.1) is 11.3 Å². The molecule has 0 saturated carbocycles. The van der Waals surface area contributed by atoms with Gasteiger partial charge in [-0.2, -0.15) is 5.10 Å². The van der Waals surface area contributed by atoms with Crippen molar-refractivity contribution >= 4 is 46.3 Å². The molecule has 1 aliphatic rings. The lowest BCUT2D eigenvalue weighted by atomic mass is 10.1. The summed E-state index contributed by atoms with van der Waals surface area (Å²) in [5.74, 6) is -2.67. The summed E-state index contributed by atoms with van der Waals surface area (Å²) in [5, 5.41) is 6.62. The second-order valence-corrected chi connectivity index (χ2v) is 8.87. The van der Waals surface area contributed by atoms with Crippen LogP contribution in [0.15, 0.2) is 59.7 Å². The molecule has 0 unspecified atom stereocenters. The van der Waals surface area contributed by atoms with Gasteiger partial charge in [-0.05, 0) is 61.6 Å². The summed E-state index contributed by atoms with van der Waals surface area (Å²) in [6.07, 6.45) is 3.79. The Morgan fingerprint density at radius 2 is 1.81 bits per heavy atom. The van der Waals surface area contributed by atoms with Crippen LogP contribution in [0.25, 0.3) is 0 Å². The average molecular weight is 506 g/mol. The van der Waals surface area contributed by atoms with Crippen molar-refractivity contribution in [2.45, 2.75) is 26.2 Å². The molecule has 1 heterocycles. The molecule has 184 valence electrons. The average Bonchev–Trinajstić information content (AvgIpc) is 3.45. The quantitative estimate of drug-likeness (QED) is 0.166. The molecule has 0 radical (unpaired) electrons. The highest BCUT2D eigenvalue weighted by atomic mass is 32.1. The number of ether oxygens (including phenoxy) is 2. The fourth-order valence-electron chi connectivity index (χ4n) is 3.69. The van der Waals surface area contributed by atoms with E-state index in [1.54, 1.807) is 61.5 Å². The molecule has 0 bridgehead atoms. The van der Waals surface area contributed by atoms with Crippen molar-refractivity contribution in [2.24, 2.45) is 5.10 Å². The molecule has 2 amide bonds. The molecule has 3 aromatic rings. The minimum Gasteiger partial charge on any atom is -0.462 e. The van der Waals surface area contributed by atoms with E-state index in [0.29, 0.717) is 27.4 Å². The minimum absolute atomic E-state index is 0.207. The monoisotopic (exact) mass is 505 g/mol. The molecular weight excluding hydrogens is 482 g/mol. The molecular formula is C26H23N3O6S. The second-order valence-electron chi connectivity index (χ2n) is 7.76. The van der Waals surface area contributed by atoms with Crippen LogP contribution in [0.5, 0.6) is 5.75 Å². The zero-order chi connectivity index (χ0) is 25.5. The summed E-state index contributed by atoms with van der Waals surface area (Å²) in [7, 11) is 0. The fourth-order valence-corrected chi connectivity index (χ4v) is 4.96. The molecule has 9 nitrogen and oxygen atoms in total. The van der Waals surface area contributed by atoms with Crippen LogP contribution in [0, 0.1) is 0 Å². The number of carbonyl (C=O) groups excluding carboxylic acids is 4. The molecule has 1 aliphatic carbocycles. The molecule has 1 aromatic heterocycles. The van der Waals surface area contributed by atoms with E-state index in [4.69, 9.17) is 9.47 Å². The van der Waals surface area contributed by atoms with Gasteiger partial charge in [0, 0.05) is 4.88 Å². The Morgan fingerprint density at radius 1 is 1.00 bits per heavy atom. The highest BCUT2D eigenvalue weighted by Crippen LogP contribution is 2.39. The Morgan fingerprint density at radius 3 is 2.58 bits per heavy atom. The molecule has 0 aliphatic heterocycles. The summed E-state index contributed by atoms with van der Waals surface area (Å²) in [4.78, 5) is 50.3. The molecule has 4 rings (SSSR count). The number of anilines is 1. The molecule has 36 heavy (non-hydrogen) atoms. The Balaban J connectivity index is 1.36. The van der Waals surface area contributed by atoms with Gasteiger partial charge in [0.2, 0.25) is 0 Å². The van der Waals surface area contributed by atoms with Crippen molar-refractivity contribution in [3.63, 3.8) is 0 Å². The van der Waals surface area contributed by atoms with Gasteiger partial charge in [-0.3, -0.25) is 9.59 Å². The molecule has 2 aromatic carbocycles. The van der Waals surface area contributed by atoms with Crippen LogP contribution in [-0.4, -0.2) is 36.6 Å². The first-order valence-corrected chi connectivity index (χ1v) is 12.1. The largest absolute Gasteiger partial charge is 0.462 e. The molecule has 2 N–H and O–H groups in total. The van der Waals surface area contributed by atoms with Crippen LogP contribution in [0.3, 0.4) is 0 Å². The number of thiophene rings is 1. The summed E-state index contributed by atoms with van der Waals surface area (Å²) in [6, 6.07) is 15.1. The summed E-state index contributed by atoms with van der Waals surface area (Å²) < 4.78 is 10.5. The van der Waals surface area contributed by atoms with E-state index in [2.05, 4.69) is 15.8 Å². The highest BCUT2D eigenvalue weighted by Gasteiger charge is 2.29. The number of rotatable bonds is 7. The van der Waals surface area contributed by atoms with Gasteiger partial charge in [0.05, 0.1) is 23.9 Å². The maximum absolute atomic E-state index is 12.4. The van der Waals surface area contributed by atoms with Crippen LogP contribution >= 0.6 is 11.3 Å². The maximum atomic E-state index is 12.4. The minimum atomic E-state index is -0.999. The molecule has 0 atom stereocenters. The number of nitrogens with one attached hydrogen (secondary N) is 2. The number of esters is 2. The lowest BCUT2D eigenvalue weighted by Crippen LogP contribution is -2.32. The number of hydrogen-bond donors (Lipinski definition) is 2. The van der Waals surface area contributed by atoms with Crippen molar-refractivity contribution in [1.82, 2.24) is 5.43 Å². The number of hydrazone groups is 1. The number of aryl methyl sites for hydroxylation is 1. The Labute approximate surface area is 211 Å². The summed E-state index contributed by atoms with van der Waals surface area (Å²) in [5.41, 5.74) is 4.30. The third-order valence-electron chi connectivity index (χ3n) is 5.29. The normalized spacial score (nSPS) is 12.1. The maximum Gasteiger partial charge on any atom is 0.343 e. The Bertz CT molecular complexity index is 1330. The highest BCUT2D eigenvalue weighted by molar-refractivity contribution is 7.17. The van der Waals surface area contributed by atoms with Crippen LogP contribution < -0.4 is 15.5 Å². The standard InChI is InChI=1S/C26H23N3O6S/c1-2-34-26(33)21-19-12-7-13-20(19)36-24(21)28-22(30)23(31)29-27-15-16-8-6-11-18(14-16)35-25(32)17-9-4-3-5-10-17/h3-6,8-11,14-15H,2,7,12-13H2,1H3,(H,28,30)(H,29,31)/b27-15+. The van der Waals surface area contributed by atoms with E-state index in [9.17, 15) is 19.2 Å². The summed E-state index contributed by atoms with van der Waals surface area (Å²) in [6.45, 7) is 1.91. The number of hydrogen-bond acceptors (Lipinski definition) is 8. The van der Waals surface area contributed by atoms with Gasteiger partial charge in [0.15, 0.2) is 0 Å². The zero-order valence-corrected chi connectivity index (χ0v) is 20.2. The van der Waals surface area contributed by atoms with E-state index < -0.39 is 23.8 Å². The first-order valence-electron chi connectivity index (χ1n) is 11.3. The third kappa shape index (κ3) is 5.84. The SMILES string of the molecule is CCOC(=O)c1c(NC(=O)C(=O)N/N=C/c2cccc(OC(=O)c3ccccc3)c2)sc2c1CCC2. The summed E-state index contributed by atoms with van der Waals surface area (Å²) >= 11 is 1.28. The van der Waals surface area contributed by atoms with E-state index in [1.807, 2.05) is 0 Å². The van der Waals surface area contributed by atoms with Crippen molar-refractivity contribution in [3.8, 4) is 5.75 Å². The molecule has 10 heteroatoms. The van der Waals surface area contributed by atoms with Gasteiger partial charge < -0.3 is 14.8 Å². The van der Waals surface area contributed by atoms with E-state index in [-0.39, 0.29) is 6.61 Å². The number of nitrogens with zero attached hydrogens (tertiary/aromatic N) is 1. The van der Waals surface area contributed by atoms with Crippen molar-refractivity contribution in [2.75, 3.05) is 11.9 Å². The number of carbonyl (C=O) groups is 4. The fraction of sp³-hybridized carbons (Fsp3) is 0.192. The van der Waals surface area contributed by atoms with Gasteiger partial charge in [0.1, 0.15) is 10.8 Å². The lowest BCUT2D eigenvalue weighted by Gasteiger charge is -2.07. The predicted molar refractivity (Wildman–Crippen MR) is 135 cm³/mol. The number of fused-ring (bicyclic) bond motifs is 1. The first-order chi connectivity index (χ1) is 17.5. The number of benzene rings is 2. The van der Waals surface area contributed by atoms with Crippen molar-refractivity contribution in [1.29, 1.82) is 0 Å². The second kappa shape index (κ2) is 11.4. The zero-order valence-electron chi connectivity index (χ0n) is 19.4. The van der Waals surface area contributed by atoms with E-state index >= 15 is 0 Å². The van der Waals surface area contributed by atoms with Crippen LogP contribution in [-0.2, 0) is 27.2 Å². The van der Waals surface area contributed by atoms with Gasteiger partial charge >= 0.3 is 23.8 Å². The Hall–Kier alpha value is -4.31. The van der Waals surface area contributed by atoms with Gasteiger partial charge in [0.25, 0.3) is 0 Å². The van der Waals surface area contributed by atoms with Gasteiger partial charge in [-0.25, -0.2) is 15.0 Å².